The molecule has 4 fully saturated rings. The van der Waals surface area contributed by atoms with E-state index in [4.69, 9.17) is 18.9 Å². The molecule has 4 aliphatic rings. The van der Waals surface area contributed by atoms with E-state index in [-0.39, 0.29) is 0 Å². The maximum atomic E-state index is 5.44. The minimum absolute atomic E-state index is 0.339. The van der Waals surface area contributed by atoms with Crippen LogP contribution in [0.3, 0.4) is 0 Å². The SMILES string of the molecule is C(=C1CO1)N(CC1CO1)c1ccc(Cc2ccc(N(CC3CO3)CC3CO3)cc2)cc1. The first-order valence-corrected chi connectivity index (χ1v) is 11.2. The Morgan fingerprint density at radius 3 is 1.68 bits per heavy atom. The number of hydrogen-bond donors (Lipinski definition) is 0. The van der Waals surface area contributed by atoms with Crippen LogP contribution in [0.2, 0.25) is 0 Å². The lowest BCUT2D eigenvalue weighted by molar-refractivity contribution is 0.389. The molecule has 0 aromatic heterocycles. The van der Waals surface area contributed by atoms with E-state index in [1.54, 1.807) is 0 Å². The minimum Gasteiger partial charge on any atom is -0.485 e. The van der Waals surface area contributed by atoms with Gasteiger partial charge in [-0.2, -0.15) is 0 Å². The van der Waals surface area contributed by atoms with Gasteiger partial charge in [0.1, 0.15) is 6.61 Å². The minimum atomic E-state index is 0.339. The lowest BCUT2D eigenvalue weighted by Gasteiger charge is -2.23. The van der Waals surface area contributed by atoms with E-state index in [0.717, 1.165) is 58.2 Å². The molecule has 4 heterocycles. The smallest absolute Gasteiger partial charge is 0.150 e. The Hall–Kier alpha value is -2.54. The maximum Gasteiger partial charge on any atom is 0.150 e. The molecule has 0 radical (unpaired) electrons. The molecular weight excluding hydrogens is 392 g/mol. The van der Waals surface area contributed by atoms with Crippen molar-refractivity contribution >= 4 is 11.4 Å². The van der Waals surface area contributed by atoms with Crippen LogP contribution in [-0.4, -0.2) is 64.4 Å². The second kappa shape index (κ2) is 8.19. The van der Waals surface area contributed by atoms with Gasteiger partial charge < -0.3 is 28.7 Å². The van der Waals surface area contributed by atoms with Crippen molar-refractivity contribution in [3.63, 3.8) is 0 Å². The van der Waals surface area contributed by atoms with Crippen molar-refractivity contribution < 1.29 is 18.9 Å². The van der Waals surface area contributed by atoms with E-state index in [2.05, 4.69) is 64.5 Å². The summed E-state index contributed by atoms with van der Waals surface area (Å²) in [6.07, 6.45) is 4.12. The van der Waals surface area contributed by atoms with E-state index in [1.807, 2.05) is 0 Å². The summed E-state index contributed by atoms with van der Waals surface area (Å²) in [6.45, 7) is 6.13. The quantitative estimate of drug-likeness (QED) is 0.521. The molecule has 0 N–H and O–H groups in total. The normalized spacial score (nSPS) is 26.3. The third-order valence-electron chi connectivity index (χ3n) is 6.04. The van der Waals surface area contributed by atoms with Gasteiger partial charge in [-0.05, 0) is 41.8 Å². The molecule has 4 saturated heterocycles. The average Bonchev–Trinajstić information content (AvgIpc) is 3.63. The Morgan fingerprint density at radius 2 is 1.19 bits per heavy atom. The zero-order chi connectivity index (χ0) is 20.6. The van der Waals surface area contributed by atoms with Gasteiger partial charge in [-0.1, -0.05) is 24.3 Å². The predicted molar refractivity (Wildman–Crippen MR) is 119 cm³/mol. The Kier molecular flexibility index (Phi) is 5.06. The average molecular weight is 421 g/mol. The summed E-state index contributed by atoms with van der Waals surface area (Å²) in [5.74, 6) is 1.04. The first kappa shape index (κ1) is 19.2. The van der Waals surface area contributed by atoms with E-state index in [9.17, 15) is 0 Å². The molecule has 0 saturated carbocycles. The van der Waals surface area contributed by atoms with E-state index in [0.29, 0.717) is 18.3 Å². The van der Waals surface area contributed by atoms with Crippen LogP contribution in [0.5, 0.6) is 0 Å². The van der Waals surface area contributed by atoms with Crippen molar-refractivity contribution in [2.24, 2.45) is 0 Å². The summed E-state index contributed by atoms with van der Waals surface area (Å²) in [5.41, 5.74) is 5.05. The highest BCUT2D eigenvalue weighted by Crippen LogP contribution is 2.26. The number of benzene rings is 2. The largest absolute Gasteiger partial charge is 0.485 e. The van der Waals surface area contributed by atoms with Gasteiger partial charge in [0, 0.05) is 30.7 Å². The lowest BCUT2D eigenvalue weighted by Crippen LogP contribution is -2.31. The Labute approximate surface area is 182 Å². The summed E-state index contributed by atoms with van der Waals surface area (Å²) in [4.78, 5) is 4.63. The van der Waals surface area contributed by atoms with Crippen molar-refractivity contribution in [1.29, 1.82) is 0 Å². The molecule has 2 aromatic carbocycles. The zero-order valence-corrected chi connectivity index (χ0v) is 17.6. The van der Waals surface area contributed by atoms with Crippen LogP contribution in [0.1, 0.15) is 11.1 Å². The highest BCUT2D eigenvalue weighted by molar-refractivity contribution is 5.52. The Balaban J connectivity index is 1.10. The van der Waals surface area contributed by atoms with Crippen LogP contribution in [-0.2, 0) is 25.4 Å². The number of ether oxygens (including phenoxy) is 4. The van der Waals surface area contributed by atoms with Crippen molar-refractivity contribution in [2.75, 3.05) is 55.9 Å². The second-order valence-electron chi connectivity index (χ2n) is 8.82. The molecule has 6 nitrogen and oxygen atoms in total. The van der Waals surface area contributed by atoms with Gasteiger partial charge in [0.15, 0.2) is 5.76 Å². The highest BCUT2D eigenvalue weighted by Gasteiger charge is 2.31. The number of epoxide rings is 4. The maximum absolute atomic E-state index is 5.44. The molecule has 3 unspecified atom stereocenters. The molecule has 162 valence electrons. The molecule has 2 aromatic rings. The van der Waals surface area contributed by atoms with Gasteiger partial charge >= 0.3 is 0 Å². The molecular formula is C25H28N2O4. The van der Waals surface area contributed by atoms with Gasteiger partial charge in [0.05, 0.1) is 44.7 Å². The number of nitrogens with zero attached hydrogens (tertiary/aromatic N) is 2. The van der Waals surface area contributed by atoms with Gasteiger partial charge in [-0.25, -0.2) is 0 Å². The van der Waals surface area contributed by atoms with Crippen molar-refractivity contribution in [3.8, 4) is 0 Å². The Bertz CT molecular complexity index is 911. The Morgan fingerprint density at radius 1 is 0.710 bits per heavy atom. The summed E-state index contributed by atoms with van der Waals surface area (Å²) in [7, 11) is 0. The number of rotatable bonds is 11. The second-order valence-corrected chi connectivity index (χ2v) is 8.82. The molecule has 31 heavy (non-hydrogen) atoms. The molecule has 0 spiro atoms. The zero-order valence-electron chi connectivity index (χ0n) is 17.6. The molecule has 6 heteroatoms. The molecule has 0 aliphatic carbocycles. The first-order valence-electron chi connectivity index (χ1n) is 11.2. The highest BCUT2D eigenvalue weighted by atomic mass is 16.6. The van der Waals surface area contributed by atoms with Crippen LogP contribution >= 0.6 is 0 Å². The summed E-state index contributed by atoms with van der Waals surface area (Å²) in [6, 6.07) is 17.8. The van der Waals surface area contributed by atoms with Gasteiger partial charge in [-0.15, -0.1) is 0 Å². The topological polar surface area (TPSA) is 56.6 Å². The van der Waals surface area contributed by atoms with E-state index >= 15 is 0 Å². The summed E-state index contributed by atoms with van der Waals surface area (Å²) < 4.78 is 21.6. The molecule has 3 atom stereocenters. The van der Waals surface area contributed by atoms with E-state index in [1.165, 1.54) is 22.5 Å². The lowest BCUT2D eigenvalue weighted by atomic mass is 10.0. The number of hydrogen-bond acceptors (Lipinski definition) is 6. The molecule has 6 rings (SSSR count). The van der Waals surface area contributed by atoms with Crippen molar-refractivity contribution in [2.45, 2.75) is 24.7 Å². The fourth-order valence-corrected chi connectivity index (χ4v) is 3.90. The predicted octanol–water partition coefficient (Wildman–Crippen LogP) is 2.96. The number of anilines is 2. The van der Waals surface area contributed by atoms with E-state index < -0.39 is 0 Å². The molecule has 4 aliphatic heterocycles. The first-order chi connectivity index (χ1) is 15.3. The van der Waals surface area contributed by atoms with Crippen LogP contribution in [0.25, 0.3) is 0 Å². The third kappa shape index (κ3) is 5.39. The summed E-state index contributed by atoms with van der Waals surface area (Å²) in [5, 5.41) is 0. The van der Waals surface area contributed by atoms with Gasteiger partial charge in [-0.3, -0.25) is 0 Å². The van der Waals surface area contributed by atoms with Gasteiger partial charge in [0.2, 0.25) is 0 Å². The molecule has 0 amide bonds. The van der Waals surface area contributed by atoms with Crippen LogP contribution in [0.4, 0.5) is 11.4 Å². The monoisotopic (exact) mass is 420 g/mol. The fraction of sp³-hybridized carbons (Fsp3) is 0.440. The third-order valence-corrected chi connectivity index (χ3v) is 6.04. The standard InChI is InChI=1S/C25H28N2O4/c1-5-20(26(10-22-14-28-22)11-23-15-29-23)6-2-18(1)9-19-3-7-21(8-4-19)27(12-24-16-30-24)13-25-17-31-25/h1-8,10,23-25H,9,11-17H2. The van der Waals surface area contributed by atoms with Crippen LogP contribution < -0.4 is 9.80 Å². The van der Waals surface area contributed by atoms with Crippen molar-refractivity contribution in [3.05, 3.63) is 71.6 Å². The van der Waals surface area contributed by atoms with Crippen LogP contribution in [0.15, 0.2) is 60.5 Å². The van der Waals surface area contributed by atoms with Crippen molar-refractivity contribution in [1.82, 2.24) is 0 Å². The summed E-state index contributed by atoms with van der Waals surface area (Å²) >= 11 is 0. The fourth-order valence-electron chi connectivity index (χ4n) is 3.90. The van der Waals surface area contributed by atoms with Crippen LogP contribution in [0, 0.1) is 0 Å². The molecule has 0 bridgehead atoms. The van der Waals surface area contributed by atoms with Gasteiger partial charge in [0.25, 0.3) is 0 Å².